The number of aliphatic hydroxyl groups is 1. The summed E-state index contributed by atoms with van der Waals surface area (Å²) in [6.07, 6.45) is 3.09. The van der Waals surface area contributed by atoms with Gasteiger partial charge < -0.3 is 15.3 Å². The van der Waals surface area contributed by atoms with Crippen molar-refractivity contribution in [3.05, 3.63) is 112 Å². The van der Waals surface area contributed by atoms with Crippen LogP contribution >= 0.6 is 11.6 Å². The molecule has 0 aliphatic carbocycles. The van der Waals surface area contributed by atoms with Crippen molar-refractivity contribution in [2.24, 2.45) is 0 Å². The summed E-state index contributed by atoms with van der Waals surface area (Å²) >= 11 is 6.08. The molecular formula is C28H26ClNO4. The molecule has 0 fully saturated rings. The Kier molecular flexibility index (Phi) is 7.84. The molecule has 1 unspecified atom stereocenters. The molecule has 3 aromatic carbocycles. The molecule has 0 spiro atoms. The van der Waals surface area contributed by atoms with Crippen molar-refractivity contribution in [1.82, 2.24) is 4.98 Å². The molecule has 6 heteroatoms. The maximum atomic E-state index is 12.4. The van der Waals surface area contributed by atoms with E-state index in [1.165, 1.54) is 0 Å². The minimum atomic E-state index is -1.37. The number of nitrogens with zero attached hydrogens (tertiary/aromatic N) is 1. The molecule has 0 amide bonds. The summed E-state index contributed by atoms with van der Waals surface area (Å²) in [5.41, 5.74) is 2.24. The third-order valence-corrected chi connectivity index (χ3v) is 5.91. The number of rotatable bonds is 6. The van der Waals surface area contributed by atoms with Gasteiger partial charge in [-0.1, -0.05) is 66.2 Å². The summed E-state index contributed by atoms with van der Waals surface area (Å²) in [6, 6.07) is 25.8. The standard InChI is InChI=1S/C28H24ClNO3.H2O/c1-19(33-27(31)22-8-4-3-5-9-22)28(2,32)23-10-6-7-20(17-23)11-15-25-16-13-21-12-14-24(29)18-26(21)30-25;/h3-19,32H,1-2H3;1H2/b15-11+;/t19?,28-;/m0./s1. The van der Waals surface area contributed by atoms with E-state index in [2.05, 4.69) is 4.98 Å². The molecule has 0 saturated heterocycles. The average Bonchev–Trinajstić information content (AvgIpc) is 2.83. The Balaban J connectivity index is 0.00000324. The number of fused-ring (bicyclic) bond motifs is 1. The summed E-state index contributed by atoms with van der Waals surface area (Å²) in [4.78, 5) is 17.0. The van der Waals surface area contributed by atoms with Gasteiger partial charge in [0.2, 0.25) is 0 Å². The second-order valence-electron chi connectivity index (χ2n) is 8.09. The van der Waals surface area contributed by atoms with Crippen LogP contribution in [0.4, 0.5) is 0 Å². The largest absolute Gasteiger partial charge is 0.456 e. The van der Waals surface area contributed by atoms with E-state index < -0.39 is 17.7 Å². The van der Waals surface area contributed by atoms with E-state index in [9.17, 15) is 9.90 Å². The lowest BCUT2D eigenvalue weighted by Gasteiger charge is -2.30. The topological polar surface area (TPSA) is 90.9 Å². The molecule has 4 rings (SSSR count). The van der Waals surface area contributed by atoms with Crippen molar-refractivity contribution in [3.63, 3.8) is 0 Å². The van der Waals surface area contributed by atoms with Gasteiger partial charge in [-0.2, -0.15) is 0 Å². The number of benzene rings is 3. The van der Waals surface area contributed by atoms with Crippen LogP contribution in [0.1, 0.15) is 41.0 Å². The normalized spacial score (nSPS) is 13.8. The summed E-state index contributed by atoms with van der Waals surface area (Å²) in [7, 11) is 0. The van der Waals surface area contributed by atoms with Gasteiger partial charge in [-0.05, 0) is 67.4 Å². The van der Waals surface area contributed by atoms with Crippen LogP contribution in [0.2, 0.25) is 5.02 Å². The molecule has 0 aliphatic rings. The fraction of sp³-hybridized carbons (Fsp3) is 0.143. The Morgan fingerprint density at radius 3 is 2.50 bits per heavy atom. The monoisotopic (exact) mass is 475 g/mol. The average molecular weight is 476 g/mol. The SMILES string of the molecule is CC(OC(=O)c1ccccc1)[C@](C)(O)c1cccc(/C=C/c2ccc3ccc(Cl)cc3n2)c1.O. The highest BCUT2D eigenvalue weighted by Gasteiger charge is 2.33. The Morgan fingerprint density at radius 1 is 1.00 bits per heavy atom. The highest BCUT2D eigenvalue weighted by molar-refractivity contribution is 6.31. The fourth-order valence-electron chi connectivity index (χ4n) is 3.49. The van der Waals surface area contributed by atoms with Crippen molar-refractivity contribution in [3.8, 4) is 0 Å². The van der Waals surface area contributed by atoms with Crippen molar-refractivity contribution >= 4 is 40.6 Å². The van der Waals surface area contributed by atoms with Crippen molar-refractivity contribution < 1.29 is 20.1 Å². The first kappa shape index (κ1) is 25.1. The number of pyridine rings is 1. The molecule has 0 saturated carbocycles. The Bertz CT molecular complexity index is 1320. The highest BCUT2D eigenvalue weighted by Crippen LogP contribution is 2.28. The Morgan fingerprint density at radius 2 is 1.74 bits per heavy atom. The van der Waals surface area contributed by atoms with Gasteiger partial charge in [0.15, 0.2) is 0 Å². The zero-order valence-corrected chi connectivity index (χ0v) is 19.7. The van der Waals surface area contributed by atoms with Crippen molar-refractivity contribution in [2.45, 2.75) is 25.6 Å². The number of halogens is 1. The zero-order chi connectivity index (χ0) is 23.4. The molecule has 5 nitrogen and oxygen atoms in total. The molecule has 4 aromatic rings. The lowest BCUT2D eigenvalue weighted by Crippen LogP contribution is -2.38. The predicted molar refractivity (Wildman–Crippen MR) is 137 cm³/mol. The lowest BCUT2D eigenvalue weighted by molar-refractivity contribution is -0.0710. The number of carbonyl (C=O) groups excluding carboxylic acids is 1. The first-order valence-corrected chi connectivity index (χ1v) is 11.0. The third kappa shape index (κ3) is 5.69. The van der Waals surface area contributed by atoms with E-state index >= 15 is 0 Å². The smallest absolute Gasteiger partial charge is 0.338 e. The van der Waals surface area contributed by atoms with Crippen LogP contribution in [-0.2, 0) is 10.3 Å². The first-order chi connectivity index (χ1) is 15.8. The maximum Gasteiger partial charge on any atom is 0.338 e. The van der Waals surface area contributed by atoms with Crippen LogP contribution < -0.4 is 0 Å². The number of carbonyl (C=O) groups is 1. The molecular weight excluding hydrogens is 450 g/mol. The summed E-state index contributed by atoms with van der Waals surface area (Å²) in [6.45, 7) is 3.33. The van der Waals surface area contributed by atoms with Gasteiger partial charge in [0.1, 0.15) is 11.7 Å². The maximum absolute atomic E-state index is 12.4. The summed E-state index contributed by atoms with van der Waals surface area (Å²) < 4.78 is 5.55. The van der Waals surface area contributed by atoms with Gasteiger partial charge in [-0.25, -0.2) is 9.78 Å². The zero-order valence-electron chi connectivity index (χ0n) is 18.9. The van der Waals surface area contributed by atoms with Crippen LogP contribution in [0.25, 0.3) is 23.1 Å². The van der Waals surface area contributed by atoms with Gasteiger partial charge in [0.05, 0.1) is 16.8 Å². The molecule has 1 heterocycles. The van der Waals surface area contributed by atoms with E-state index in [1.54, 1.807) is 38.1 Å². The van der Waals surface area contributed by atoms with Crippen molar-refractivity contribution in [1.29, 1.82) is 0 Å². The Hall–Kier alpha value is -3.51. The van der Waals surface area contributed by atoms with Crippen LogP contribution in [0.15, 0.2) is 84.9 Å². The van der Waals surface area contributed by atoms with E-state index in [1.807, 2.05) is 72.8 Å². The van der Waals surface area contributed by atoms with Crippen LogP contribution in [0.5, 0.6) is 0 Å². The molecule has 0 aliphatic heterocycles. The van der Waals surface area contributed by atoms with Crippen LogP contribution in [-0.4, -0.2) is 27.6 Å². The summed E-state index contributed by atoms with van der Waals surface area (Å²) in [5.74, 6) is -0.470. The first-order valence-electron chi connectivity index (χ1n) is 10.7. The molecule has 34 heavy (non-hydrogen) atoms. The number of aromatic nitrogens is 1. The predicted octanol–water partition coefficient (Wildman–Crippen LogP) is 5.69. The third-order valence-electron chi connectivity index (χ3n) is 5.68. The molecule has 0 radical (unpaired) electrons. The van der Waals surface area contributed by atoms with Crippen molar-refractivity contribution in [2.75, 3.05) is 0 Å². The number of hydrogen-bond acceptors (Lipinski definition) is 4. The number of esters is 1. The van der Waals surface area contributed by atoms with Gasteiger partial charge in [-0.3, -0.25) is 0 Å². The van der Waals surface area contributed by atoms with Gasteiger partial charge >= 0.3 is 5.97 Å². The summed E-state index contributed by atoms with van der Waals surface area (Å²) in [5, 5.41) is 12.8. The second kappa shape index (κ2) is 10.6. The minimum absolute atomic E-state index is 0. The quantitative estimate of drug-likeness (QED) is 0.363. The van der Waals surface area contributed by atoms with E-state index in [0.717, 1.165) is 22.2 Å². The number of hydrogen-bond donors (Lipinski definition) is 1. The highest BCUT2D eigenvalue weighted by atomic mass is 35.5. The molecule has 3 N–H and O–H groups in total. The van der Waals surface area contributed by atoms with E-state index in [4.69, 9.17) is 16.3 Å². The van der Waals surface area contributed by atoms with E-state index in [-0.39, 0.29) is 5.48 Å². The molecule has 0 bridgehead atoms. The number of ether oxygens (including phenoxy) is 1. The van der Waals surface area contributed by atoms with Gasteiger partial charge in [0.25, 0.3) is 0 Å². The Labute approximate surface area is 203 Å². The van der Waals surface area contributed by atoms with Gasteiger partial charge in [-0.15, -0.1) is 0 Å². The van der Waals surface area contributed by atoms with E-state index in [0.29, 0.717) is 16.1 Å². The fourth-order valence-corrected chi connectivity index (χ4v) is 3.66. The molecule has 2 atom stereocenters. The van der Waals surface area contributed by atoms with Crippen LogP contribution in [0.3, 0.4) is 0 Å². The van der Waals surface area contributed by atoms with Crippen LogP contribution in [0, 0.1) is 0 Å². The lowest BCUT2D eigenvalue weighted by atomic mass is 9.89. The molecule has 174 valence electrons. The van der Waals surface area contributed by atoms with Gasteiger partial charge in [0, 0.05) is 10.4 Å². The second-order valence-corrected chi connectivity index (χ2v) is 8.53. The minimum Gasteiger partial charge on any atom is -0.456 e. The molecule has 1 aromatic heterocycles.